The summed E-state index contributed by atoms with van der Waals surface area (Å²) in [6, 6.07) is 3.41. The van der Waals surface area contributed by atoms with Gasteiger partial charge in [0.25, 0.3) is 5.91 Å². The average molecular weight is 281 g/mol. The maximum Gasteiger partial charge on any atom is 0.271 e. The maximum atomic E-state index is 12.2. The highest BCUT2D eigenvalue weighted by molar-refractivity contribution is 6.29. The number of imidazole rings is 1. The molecule has 2 aromatic rings. The molecule has 0 unspecified atom stereocenters. The van der Waals surface area contributed by atoms with Gasteiger partial charge < -0.3 is 10.1 Å². The lowest BCUT2D eigenvalue weighted by molar-refractivity contribution is 0.00717. The van der Waals surface area contributed by atoms with Crippen molar-refractivity contribution in [3.63, 3.8) is 0 Å². The van der Waals surface area contributed by atoms with E-state index in [1.165, 1.54) is 10.7 Å². The van der Waals surface area contributed by atoms with Gasteiger partial charge in [-0.3, -0.25) is 4.79 Å². The van der Waals surface area contributed by atoms with Gasteiger partial charge in [-0.05, 0) is 25.0 Å². The average Bonchev–Trinajstić information content (AvgIpc) is 2.78. The van der Waals surface area contributed by atoms with Crippen LogP contribution < -0.4 is 5.32 Å². The van der Waals surface area contributed by atoms with E-state index >= 15 is 0 Å². The number of nitrogens with one attached hydrogen (secondary N) is 1. The van der Waals surface area contributed by atoms with Crippen molar-refractivity contribution in [1.29, 1.82) is 0 Å². The second kappa shape index (κ2) is 4.79. The van der Waals surface area contributed by atoms with Crippen LogP contribution in [0.15, 0.2) is 18.3 Å². The number of rotatable bonds is 3. The maximum absolute atomic E-state index is 12.2. The molecule has 2 heterocycles. The normalized spacial score (nSPS) is 22.2. The Hall–Kier alpha value is -1.66. The minimum atomic E-state index is -0.214. The van der Waals surface area contributed by atoms with Crippen molar-refractivity contribution in [2.75, 3.05) is 7.11 Å². The number of aromatic nitrogens is 3. The number of ether oxygens (including phenoxy) is 1. The van der Waals surface area contributed by atoms with Crippen molar-refractivity contribution in [3.05, 3.63) is 29.2 Å². The summed E-state index contributed by atoms with van der Waals surface area (Å²) in [7, 11) is 1.65. The third-order valence-electron chi connectivity index (χ3n) is 3.39. The lowest BCUT2D eigenvalue weighted by Gasteiger charge is -2.35. The van der Waals surface area contributed by atoms with Gasteiger partial charge in [0.2, 0.25) is 0 Å². The molecule has 100 valence electrons. The molecule has 1 fully saturated rings. The number of carbonyl (C=O) groups excluding carboxylic acids is 1. The fourth-order valence-corrected chi connectivity index (χ4v) is 2.30. The van der Waals surface area contributed by atoms with Crippen LogP contribution in [0.25, 0.3) is 5.65 Å². The molecule has 1 amide bonds. The molecule has 0 spiro atoms. The summed E-state index contributed by atoms with van der Waals surface area (Å²) in [6.45, 7) is 0. The third-order valence-corrected chi connectivity index (χ3v) is 3.59. The summed E-state index contributed by atoms with van der Waals surface area (Å²) in [5, 5.41) is 7.32. The SMILES string of the molecule is CO[C@@H]1CC[C@H]1NC(=O)c1cnc2ccc(Cl)nn12. The van der Waals surface area contributed by atoms with Crippen LogP contribution in [-0.4, -0.2) is 39.8 Å². The fraction of sp³-hybridized carbons (Fsp3) is 0.417. The molecule has 0 radical (unpaired) electrons. The van der Waals surface area contributed by atoms with Crippen molar-refractivity contribution in [1.82, 2.24) is 19.9 Å². The number of amides is 1. The van der Waals surface area contributed by atoms with Gasteiger partial charge in [0.05, 0.1) is 18.3 Å². The predicted octanol–water partition coefficient (Wildman–Crippen LogP) is 1.29. The zero-order valence-corrected chi connectivity index (χ0v) is 11.1. The lowest BCUT2D eigenvalue weighted by atomic mass is 9.89. The Balaban J connectivity index is 1.83. The molecule has 7 heteroatoms. The van der Waals surface area contributed by atoms with E-state index in [4.69, 9.17) is 16.3 Å². The first-order valence-electron chi connectivity index (χ1n) is 6.03. The molecule has 0 saturated heterocycles. The molecule has 3 rings (SSSR count). The molecule has 1 N–H and O–H groups in total. The zero-order chi connectivity index (χ0) is 13.4. The number of carbonyl (C=O) groups is 1. The summed E-state index contributed by atoms with van der Waals surface area (Å²) in [4.78, 5) is 16.3. The summed E-state index contributed by atoms with van der Waals surface area (Å²) < 4.78 is 6.69. The van der Waals surface area contributed by atoms with Gasteiger partial charge in [-0.1, -0.05) is 11.6 Å². The van der Waals surface area contributed by atoms with Crippen LogP contribution in [0.2, 0.25) is 5.15 Å². The molecule has 1 aliphatic rings. The standard InChI is InChI=1S/C12H13ClN4O2/c1-19-9-3-2-7(9)15-12(18)8-6-14-11-5-4-10(13)16-17(8)11/h4-7,9H,2-3H2,1H3,(H,15,18)/t7-,9-/m1/s1. The molecule has 0 bridgehead atoms. The summed E-state index contributed by atoms with van der Waals surface area (Å²) in [5.41, 5.74) is 0.964. The summed E-state index contributed by atoms with van der Waals surface area (Å²) >= 11 is 5.83. The third kappa shape index (κ3) is 2.17. The van der Waals surface area contributed by atoms with Crippen molar-refractivity contribution >= 4 is 23.2 Å². The number of halogens is 1. The van der Waals surface area contributed by atoms with Gasteiger partial charge in [-0.25, -0.2) is 9.50 Å². The molecule has 2 atom stereocenters. The number of nitrogens with zero attached hydrogens (tertiary/aromatic N) is 3. The largest absolute Gasteiger partial charge is 0.379 e. The second-order valence-electron chi connectivity index (χ2n) is 4.50. The second-order valence-corrected chi connectivity index (χ2v) is 4.89. The molecule has 6 nitrogen and oxygen atoms in total. The Morgan fingerprint density at radius 2 is 2.37 bits per heavy atom. The van der Waals surface area contributed by atoms with Gasteiger partial charge in [-0.15, -0.1) is 0 Å². The molecule has 0 aromatic carbocycles. The Morgan fingerprint density at radius 3 is 3.05 bits per heavy atom. The van der Waals surface area contributed by atoms with E-state index < -0.39 is 0 Å². The zero-order valence-electron chi connectivity index (χ0n) is 10.3. The molecule has 0 aliphatic heterocycles. The van der Waals surface area contributed by atoms with E-state index in [2.05, 4.69) is 15.4 Å². The monoisotopic (exact) mass is 280 g/mol. The van der Waals surface area contributed by atoms with E-state index in [1.54, 1.807) is 19.2 Å². The van der Waals surface area contributed by atoms with Crippen LogP contribution in [0.4, 0.5) is 0 Å². The molecule has 1 aliphatic carbocycles. The van der Waals surface area contributed by atoms with Gasteiger partial charge in [-0.2, -0.15) is 5.10 Å². The van der Waals surface area contributed by atoms with Gasteiger partial charge in [0.1, 0.15) is 5.15 Å². The Labute approximate surface area is 114 Å². The van der Waals surface area contributed by atoms with Crippen LogP contribution in [0, 0.1) is 0 Å². The Morgan fingerprint density at radius 1 is 1.53 bits per heavy atom. The number of hydrogen-bond acceptors (Lipinski definition) is 4. The van der Waals surface area contributed by atoms with E-state index in [0.717, 1.165) is 12.8 Å². The smallest absolute Gasteiger partial charge is 0.271 e. The van der Waals surface area contributed by atoms with Gasteiger partial charge in [0.15, 0.2) is 11.3 Å². The number of fused-ring (bicyclic) bond motifs is 1. The first kappa shape index (κ1) is 12.4. The number of methoxy groups -OCH3 is 1. The van der Waals surface area contributed by atoms with Crippen molar-refractivity contribution in [3.8, 4) is 0 Å². The van der Waals surface area contributed by atoms with Gasteiger partial charge in [0, 0.05) is 7.11 Å². The van der Waals surface area contributed by atoms with E-state index in [-0.39, 0.29) is 18.1 Å². The van der Waals surface area contributed by atoms with E-state index in [0.29, 0.717) is 16.5 Å². The summed E-state index contributed by atoms with van der Waals surface area (Å²) in [5.74, 6) is -0.214. The van der Waals surface area contributed by atoms with Crippen LogP contribution in [-0.2, 0) is 4.74 Å². The summed E-state index contributed by atoms with van der Waals surface area (Å²) in [6.07, 6.45) is 3.49. The van der Waals surface area contributed by atoms with Crippen LogP contribution in [0.1, 0.15) is 23.3 Å². The topological polar surface area (TPSA) is 68.5 Å². The minimum Gasteiger partial charge on any atom is -0.379 e. The first-order valence-corrected chi connectivity index (χ1v) is 6.41. The highest BCUT2D eigenvalue weighted by atomic mass is 35.5. The molecule has 1 saturated carbocycles. The van der Waals surface area contributed by atoms with Crippen molar-refractivity contribution in [2.45, 2.75) is 25.0 Å². The highest BCUT2D eigenvalue weighted by Gasteiger charge is 2.32. The van der Waals surface area contributed by atoms with Crippen LogP contribution in [0.5, 0.6) is 0 Å². The first-order chi connectivity index (χ1) is 9.19. The van der Waals surface area contributed by atoms with Crippen molar-refractivity contribution < 1.29 is 9.53 Å². The highest BCUT2D eigenvalue weighted by Crippen LogP contribution is 2.23. The van der Waals surface area contributed by atoms with Crippen molar-refractivity contribution in [2.24, 2.45) is 0 Å². The van der Waals surface area contributed by atoms with Crippen LogP contribution >= 0.6 is 11.6 Å². The van der Waals surface area contributed by atoms with E-state index in [1.807, 2.05) is 0 Å². The Kier molecular flexibility index (Phi) is 3.12. The fourth-order valence-electron chi connectivity index (χ4n) is 2.16. The van der Waals surface area contributed by atoms with Gasteiger partial charge >= 0.3 is 0 Å². The number of hydrogen-bond donors (Lipinski definition) is 1. The molecular formula is C12H13ClN4O2. The molecular weight excluding hydrogens is 268 g/mol. The van der Waals surface area contributed by atoms with Crippen LogP contribution in [0.3, 0.4) is 0 Å². The quantitative estimate of drug-likeness (QED) is 0.920. The Bertz CT molecular complexity index is 625. The lowest BCUT2D eigenvalue weighted by Crippen LogP contribution is -2.51. The molecule has 19 heavy (non-hydrogen) atoms. The minimum absolute atomic E-state index is 0.0576. The molecule has 2 aromatic heterocycles. The predicted molar refractivity (Wildman–Crippen MR) is 69.3 cm³/mol. The van der Waals surface area contributed by atoms with E-state index in [9.17, 15) is 4.79 Å².